The summed E-state index contributed by atoms with van der Waals surface area (Å²) in [6.07, 6.45) is 2.07. The zero-order valence-electron chi connectivity index (χ0n) is 21.6. The van der Waals surface area contributed by atoms with Crippen LogP contribution in [0.3, 0.4) is 0 Å². The number of para-hydroxylation sites is 2. The fourth-order valence-corrected chi connectivity index (χ4v) is 5.52. The average Bonchev–Trinajstić information content (AvgIpc) is 3.37. The Balaban J connectivity index is 1.30. The van der Waals surface area contributed by atoms with Gasteiger partial charge in [0.15, 0.2) is 0 Å². The standard InChI is InChI=1S/C35H32N2/c1-3-26-11-5-7-13-32(26)28-17-21-30(22-18-28)36-25-37(35-16-10-9-15-34(35)36)31-23-19-29(20-24-31)33-14-8-6-12-27(33)4-2/h5-24H,3-4,25H2,1-2H3. The topological polar surface area (TPSA) is 6.48 Å². The van der Waals surface area contributed by atoms with Crippen molar-refractivity contribution in [1.29, 1.82) is 0 Å². The molecule has 0 bridgehead atoms. The Bertz CT molecular complexity index is 1400. The van der Waals surface area contributed by atoms with Gasteiger partial charge in [-0.15, -0.1) is 0 Å². The zero-order valence-corrected chi connectivity index (χ0v) is 21.6. The molecular weight excluding hydrogens is 448 g/mol. The predicted octanol–water partition coefficient (Wildman–Crippen LogP) is 9.39. The normalized spacial score (nSPS) is 12.6. The summed E-state index contributed by atoms with van der Waals surface area (Å²) in [7, 11) is 0. The first-order chi connectivity index (χ1) is 18.3. The van der Waals surface area contributed by atoms with E-state index in [2.05, 4.69) is 145 Å². The molecule has 0 atom stereocenters. The lowest BCUT2D eigenvalue weighted by atomic mass is 9.98. The molecule has 5 aromatic rings. The van der Waals surface area contributed by atoms with Crippen molar-refractivity contribution in [3.63, 3.8) is 0 Å². The lowest BCUT2D eigenvalue weighted by Gasteiger charge is -2.23. The van der Waals surface area contributed by atoms with Gasteiger partial charge >= 0.3 is 0 Å². The van der Waals surface area contributed by atoms with Crippen molar-refractivity contribution in [2.24, 2.45) is 0 Å². The fraction of sp³-hybridized carbons (Fsp3) is 0.143. The second-order valence-corrected chi connectivity index (χ2v) is 9.60. The highest BCUT2D eigenvalue weighted by Crippen LogP contribution is 2.44. The van der Waals surface area contributed by atoms with Gasteiger partial charge in [-0.1, -0.05) is 98.8 Å². The van der Waals surface area contributed by atoms with Gasteiger partial charge in [0.05, 0.1) is 11.4 Å². The Morgan fingerprint density at radius 3 is 1.24 bits per heavy atom. The largest absolute Gasteiger partial charge is 0.321 e. The van der Waals surface area contributed by atoms with Crippen molar-refractivity contribution in [3.8, 4) is 22.3 Å². The van der Waals surface area contributed by atoms with Gasteiger partial charge in [-0.2, -0.15) is 0 Å². The Kier molecular flexibility index (Phi) is 6.24. The molecule has 0 radical (unpaired) electrons. The van der Waals surface area contributed by atoms with Gasteiger partial charge in [-0.05, 0) is 82.6 Å². The van der Waals surface area contributed by atoms with E-state index in [0.29, 0.717) is 0 Å². The van der Waals surface area contributed by atoms with Crippen LogP contribution in [0.2, 0.25) is 0 Å². The third-order valence-electron chi connectivity index (χ3n) is 7.52. The molecule has 1 heterocycles. The first-order valence-electron chi connectivity index (χ1n) is 13.3. The van der Waals surface area contributed by atoms with Gasteiger partial charge < -0.3 is 9.80 Å². The lowest BCUT2D eigenvalue weighted by Crippen LogP contribution is -2.23. The summed E-state index contributed by atoms with van der Waals surface area (Å²) >= 11 is 0. The molecule has 0 aliphatic carbocycles. The molecule has 2 heteroatoms. The van der Waals surface area contributed by atoms with Crippen molar-refractivity contribution in [2.45, 2.75) is 26.7 Å². The van der Waals surface area contributed by atoms with Gasteiger partial charge in [0.25, 0.3) is 0 Å². The molecule has 182 valence electrons. The molecule has 0 amide bonds. The van der Waals surface area contributed by atoms with Crippen LogP contribution in [0.25, 0.3) is 22.3 Å². The molecule has 0 spiro atoms. The third kappa shape index (κ3) is 4.29. The van der Waals surface area contributed by atoms with Crippen molar-refractivity contribution in [3.05, 3.63) is 132 Å². The summed E-state index contributed by atoms with van der Waals surface area (Å²) in [5.74, 6) is 0. The molecule has 1 aliphatic rings. The quantitative estimate of drug-likeness (QED) is 0.239. The Hall–Kier alpha value is -4.30. The molecule has 0 saturated heterocycles. The van der Waals surface area contributed by atoms with E-state index in [1.54, 1.807) is 0 Å². The van der Waals surface area contributed by atoms with E-state index < -0.39 is 0 Å². The third-order valence-corrected chi connectivity index (χ3v) is 7.52. The summed E-state index contributed by atoms with van der Waals surface area (Å²) < 4.78 is 0. The summed E-state index contributed by atoms with van der Waals surface area (Å²) in [4.78, 5) is 4.82. The van der Waals surface area contributed by atoms with E-state index in [-0.39, 0.29) is 0 Å². The number of rotatable bonds is 6. The monoisotopic (exact) mass is 480 g/mol. The van der Waals surface area contributed by atoms with Gasteiger partial charge in [-0.3, -0.25) is 0 Å². The summed E-state index contributed by atoms with van der Waals surface area (Å²) in [6, 6.07) is 44.2. The molecule has 0 N–H and O–H groups in total. The van der Waals surface area contributed by atoms with E-state index in [1.165, 1.54) is 56.1 Å². The molecule has 0 fully saturated rings. The highest BCUT2D eigenvalue weighted by atomic mass is 15.4. The number of hydrogen-bond donors (Lipinski definition) is 0. The van der Waals surface area contributed by atoms with Crippen LogP contribution >= 0.6 is 0 Å². The molecule has 37 heavy (non-hydrogen) atoms. The zero-order chi connectivity index (χ0) is 25.2. The Labute approximate surface area is 220 Å². The molecule has 2 nitrogen and oxygen atoms in total. The maximum atomic E-state index is 2.41. The SMILES string of the molecule is CCc1ccccc1-c1ccc(N2CN(c3ccc(-c4ccccc4CC)cc3)c3ccccc32)cc1. The maximum absolute atomic E-state index is 2.41. The summed E-state index contributed by atoms with van der Waals surface area (Å²) in [6.45, 7) is 5.23. The first kappa shape index (κ1) is 23.1. The summed E-state index contributed by atoms with van der Waals surface area (Å²) in [5.41, 5.74) is 12.9. The molecule has 5 aromatic carbocycles. The molecular formula is C35H32N2. The first-order valence-corrected chi connectivity index (χ1v) is 13.3. The van der Waals surface area contributed by atoms with Crippen LogP contribution in [-0.4, -0.2) is 6.67 Å². The number of nitrogens with zero attached hydrogens (tertiary/aromatic N) is 2. The Morgan fingerprint density at radius 2 is 0.838 bits per heavy atom. The van der Waals surface area contributed by atoms with Crippen LogP contribution in [0.5, 0.6) is 0 Å². The maximum Gasteiger partial charge on any atom is 0.100 e. The molecule has 0 aromatic heterocycles. The van der Waals surface area contributed by atoms with E-state index in [4.69, 9.17) is 0 Å². The van der Waals surface area contributed by atoms with E-state index in [9.17, 15) is 0 Å². The lowest BCUT2D eigenvalue weighted by molar-refractivity contribution is 0.991. The second kappa shape index (κ2) is 9.99. The fourth-order valence-electron chi connectivity index (χ4n) is 5.52. The van der Waals surface area contributed by atoms with Gasteiger partial charge in [0.1, 0.15) is 6.67 Å². The van der Waals surface area contributed by atoms with Crippen molar-refractivity contribution in [2.75, 3.05) is 16.5 Å². The van der Waals surface area contributed by atoms with Crippen LogP contribution in [0.1, 0.15) is 25.0 Å². The minimum absolute atomic E-state index is 0.787. The highest BCUT2D eigenvalue weighted by molar-refractivity contribution is 5.87. The molecule has 0 unspecified atom stereocenters. The van der Waals surface area contributed by atoms with E-state index in [0.717, 1.165) is 19.5 Å². The van der Waals surface area contributed by atoms with Gasteiger partial charge in [0, 0.05) is 11.4 Å². The minimum atomic E-state index is 0.787. The minimum Gasteiger partial charge on any atom is -0.321 e. The second-order valence-electron chi connectivity index (χ2n) is 9.60. The number of fused-ring (bicyclic) bond motifs is 1. The predicted molar refractivity (Wildman–Crippen MR) is 158 cm³/mol. The van der Waals surface area contributed by atoms with Crippen LogP contribution in [-0.2, 0) is 12.8 Å². The van der Waals surface area contributed by atoms with Crippen LogP contribution in [0.15, 0.2) is 121 Å². The van der Waals surface area contributed by atoms with Crippen molar-refractivity contribution in [1.82, 2.24) is 0 Å². The number of hydrogen-bond acceptors (Lipinski definition) is 2. The molecule has 0 saturated carbocycles. The summed E-state index contributed by atoms with van der Waals surface area (Å²) in [5, 5.41) is 0. The van der Waals surface area contributed by atoms with Crippen molar-refractivity contribution >= 4 is 22.7 Å². The van der Waals surface area contributed by atoms with E-state index in [1.807, 2.05) is 0 Å². The van der Waals surface area contributed by atoms with E-state index >= 15 is 0 Å². The van der Waals surface area contributed by atoms with Gasteiger partial charge in [-0.25, -0.2) is 0 Å². The Morgan fingerprint density at radius 1 is 0.459 bits per heavy atom. The number of aryl methyl sites for hydroxylation is 2. The number of anilines is 4. The average molecular weight is 481 g/mol. The van der Waals surface area contributed by atoms with Crippen LogP contribution < -0.4 is 9.80 Å². The highest BCUT2D eigenvalue weighted by Gasteiger charge is 2.27. The van der Waals surface area contributed by atoms with Crippen LogP contribution in [0.4, 0.5) is 22.7 Å². The smallest absolute Gasteiger partial charge is 0.100 e. The molecule has 6 rings (SSSR count). The number of benzene rings is 5. The van der Waals surface area contributed by atoms with Crippen molar-refractivity contribution < 1.29 is 0 Å². The molecule has 1 aliphatic heterocycles. The van der Waals surface area contributed by atoms with Crippen LogP contribution in [0, 0.1) is 0 Å². The van der Waals surface area contributed by atoms with Gasteiger partial charge in [0.2, 0.25) is 0 Å².